The van der Waals surface area contributed by atoms with Crippen molar-refractivity contribution in [1.82, 2.24) is 10.6 Å². The van der Waals surface area contributed by atoms with Gasteiger partial charge in [0.2, 0.25) is 5.91 Å². The van der Waals surface area contributed by atoms with E-state index in [-0.39, 0.29) is 17.9 Å². The number of carbonyl (C=O) groups excluding carboxylic acids is 1. The van der Waals surface area contributed by atoms with Gasteiger partial charge >= 0.3 is 0 Å². The Hall–Kier alpha value is -1.55. The third kappa shape index (κ3) is 3.70. The van der Waals surface area contributed by atoms with Gasteiger partial charge in [-0.1, -0.05) is 25.1 Å². The first kappa shape index (κ1) is 13.9. The molecule has 1 aliphatic rings. The highest BCUT2D eigenvalue weighted by molar-refractivity contribution is 5.79. The van der Waals surface area contributed by atoms with Gasteiger partial charge in [0.25, 0.3) is 0 Å². The lowest BCUT2D eigenvalue weighted by Gasteiger charge is -2.20. The fourth-order valence-electron chi connectivity index (χ4n) is 2.49. The Labute approximate surface area is 115 Å². The first-order valence-corrected chi connectivity index (χ1v) is 6.95. The summed E-state index contributed by atoms with van der Waals surface area (Å²) in [6.45, 7) is 4.59. The standard InChI is InChI=1S/C15H23N3O/c1-12(10-16-2)15(19)17-13-8-9-18(11-13)14-6-4-3-5-7-14/h3-7,12-13,16H,8-11H2,1-2H3,(H,17,19). The van der Waals surface area contributed by atoms with Gasteiger partial charge in [0.15, 0.2) is 0 Å². The van der Waals surface area contributed by atoms with Crippen LogP contribution in [0.3, 0.4) is 0 Å². The number of benzene rings is 1. The molecule has 1 aromatic rings. The van der Waals surface area contributed by atoms with Gasteiger partial charge in [0.1, 0.15) is 0 Å². The maximum Gasteiger partial charge on any atom is 0.224 e. The van der Waals surface area contributed by atoms with E-state index >= 15 is 0 Å². The van der Waals surface area contributed by atoms with E-state index in [9.17, 15) is 4.79 Å². The molecule has 4 nitrogen and oxygen atoms in total. The summed E-state index contributed by atoms with van der Waals surface area (Å²) in [6, 6.07) is 10.6. The lowest BCUT2D eigenvalue weighted by Crippen LogP contribution is -2.42. The fourth-order valence-corrected chi connectivity index (χ4v) is 2.49. The zero-order valence-corrected chi connectivity index (χ0v) is 11.7. The number of hydrogen-bond acceptors (Lipinski definition) is 3. The first-order chi connectivity index (χ1) is 9.20. The normalized spacial score (nSPS) is 20.3. The topological polar surface area (TPSA) is 44.4 Å². The monoisotopic (exact) mass is 261 g/mol. The SMILES string of the molecule is CNCC(C)C(=O)NC1CCN(c2ccccc2)C1. The summed E-state index contributed by atoms with van der Waals surface area (Å²) >= 11 is 0. The van der Waals surface area contributed by atoms with Crippen LogP contribution in [-0.2, 0) is 4.79 Å². The van der Waals surface area contributed by atoms with E-state index in [1.807, 2.05) is 20.0 Å². The number of para-hydroxylation sites is 1. The Balaban J connectivity index is 1.84. The summed E-state index contributed by atoms with van der Waals surface area (Å²) in [5, 5.41) is 6.18. The van der Waals surface area contributed by atoms with Crippen LogP contribution in [0, 0.1) is 5.92 Å². The fraction of sp³-hybridized carbons (Fsp3) is 0.533. The van der Waals surface area contributed by atoms with Crippen LogP contribution in [0.5, 0.6) is 0 Å². The quantitative estimate of drug-likeness (QED) is 0.838. The molecule has 0 saturated carbocycles. The average molecular weight is 261 g/mol. The molecule has 1 amide bonds. The highest BCUT2D eigenvalue weighted by Gasteiger charge is 2.25. The van der Waals surface area contributed by atoms with Crippen LogP contribution < -0.4 is 15.5 Å². The summed E-state index contributed by atoms with van der Waals surface area (Å²) in [6.07, 6.45) is 1.02. The molecular weight excluding hydrogens is 238 g/mol. The second-order valence-corrected chi connectivity index (χ2v) is 5.23. The van der Waals surface area contributed by atoms with E-state index in [2.05, 4.69) is 39.8 Å². The molecule has 1 saturated heterocycles. The summed E-state index contributed by atoms with van der Waals surface area (Å²) in [5.74, 6) is 0.171. The maximum atomic E-state index is 12.0. The molecule has 2 atom stereocenters. The molecule has 4 heteroatoms. The van der Waals surface area contributed by atoms with Gasteiger partial charge in [-0.05, 0) is 25.6 Å². The predicted octanol–water partition coefficient (Wildman–Crippen LogP) is 1.24. The van der Waals surface area contributed by atoms with E-state index in [1.165, 1.54) is 5.69 Å². The van der Waals surface area contributed by atoms with Crippen LogP contribution in [0.15, 0.2) is 30.3 Å². The Morgan fingerprint density at radius 1 is 1.42 bits per heavy atom. The molecule has 2 unspecified atom stereocenters. The van der Waals surface area contributed by atoms with E-state index in [0.29, 0.717) is 0 Å². The molecule has 0 radical (unpaired) electrons. The molecule has 0 aliphatic carbocycles. The van der Waals surface area contributed by atoms with Crippen molar-refractivity contribution in [3.05, 3.63) is 30.3 Å². The van der Waals surface area contributed by atoms with Gasteiger partial charge in [0, 0.05) is 37.3 Å². The van der Waals surface area contributed by atoms with Crippen LogP contribution in [0.1, 0.15) is 13.3 Å². The zero-order chi connectivity index (χ0) is 13.7. The lowest BCUT2D eigenvalue weighted by atomic mass is 10.1. The second kappa shape index (κ2) is 6.57. The van der Waals surface area contributed by atoms with Gasteiger partial charge in [0.05, 0.1) is 0 Å². The molecular formula is C15H23N3O. The van der Waals surface area contributed by atoms with E-state index in [4.69, 9.17) is 0 Å². The van der Waals surface area contributed by atoms with Gasteiger partial charge in [-0.25, -0.2) is 0 Å². The maximum absolute atomic E-state index is 12.0. The molecule has 0 spiro atoms. The van der Waals surface area contributed by atoms with Crippen molar-refractivity contribution in [1.29, 1.82) is 0 Å². The van der Waals surface area contributed by atoms with Crippen molar-refractivity contribution in [2.24, 2.45) is 5.92 Å². The number of nitrogens with zero attached hydrogens (tertiary/aromatic N) is 1. The van der Waals surface area contributed by atoms with Gasteiger partial charge in [-0.15, -0.1) is 0 Å². The van der Waals surface area contributed by atoms with E-state index < -0.39 is 0 Å². The van der Waals surface area contributed by atoms with Crippen LogP contribution in [0.25, 0.3) is 0 Å². The average Bonchev–Trinajstić information content (AvgIpc) is 2.88. The number of anilines is 1. The minimum Gasteiger partial charge on any atom is -0.369 e. The minimum absolute atomic E-state index is 0.0239. The molecule has 19 heavy (non-hydrogen) atoms. The molecule has 1 aromatic carbocycles. The Morgan fingerprint density at radius 3 is 2.84 bits per heavy atom. The highest BCUT2D eigenvalue weighted by atomic mass is 16.1. The number of hydrogen-bond donors (Lipinski definition) is 2. The predicted molar refractivity (Wildman–Crippen MR) is 78.3 cm³/mol. The number of nitrogens with one attached hydrogen (secondary N) is 2. The van der Waals surface area contributed by atoms with Gasteiger partial charge in [-0.2, -0.15) is 0 Å². The summed E-state index contributed by atoms with van der Waals surface area (Å²) < 4.78 is 0. The third-order valence-electron chi connectivity index (χ3n) is 3.61. The molecule has 2 N–H and O–H groups in total. The van der Waals surface area contributed by atoms with Crippen molar-refractivity contribution in [3.63, 3.8) is 0 Å². The Morgan fingerprint density at radius 2 is 2.16 bits per heavy atom. The molecule has 104 valence electrons. The van der Waals surface area contributed by atoms with Crippen LogP contribution >= 0.6 is 0 Å². The smallest absolute Gasteiger partial charge is 0.224 e. The van der Waals surface area contributed by atoms with Crippen molar-refractivity contribution < 1.29 is 4.79 Å². The van der Waals surface area contributed by atoms with E-state index in [0.717, 1.165) is 26.1 Å². The van der Waals surface area contributed by atoms with Crippen LogP contribution in [0.2, 0.25) is 0 Å². The Kier molecular flexibility index (Phi) is 4.80. The lowest BCUT2D eigenvalue weighted by molar-refractivity contribution is -0.124. The Bertz CT molecular complexity index is 407. The molecule has 1 aliphatic heterocycles. The van der Waals surface area contributed by atoms with Gasteiger partial charge < -0.3 is 15.5 Å². The highest BCUT2D eigenvalue weighted by Crippen LogP contribution is 2.19. The summed E-state index contributed by atoms with van der Waals surface area (Å²) in [4.78, 5) is 14.3. The minimum atomic E-state index is 0.0239. The molecule has 0 bridgehead atoms. The molecule has 1 heterocycles. The number of rotatable bonds is 5. The van der Waals surface area contributed by atoms with E-state index in [1.54, 1.807) is 0 Å². The van der Waals surface area contributed by atoms with Crippen molar-refractivity contribution >= 4 is 11.6 Å². The molecule has 2 rings (SSSR count). The van der Waals surface area contributed by atoms with Crippen molar-refractivity contribution in [2.45, 2.75) is 19.4 Å². The molecule has 0 aromatic heterocycles. The first-order valence-electron chi connectivity index (χ1n) is 6.95. The van der Waals surface area contributed by atoms with Crippen LogP contribution in [-0.4, -0.2) is 38.6 Å². The summed E-state index contributed by atoms with van der Waals surface area (Å²) in [5.41, 5.74) is 1.24. The summed E-state index contributed by atoms with van der Waals surface area (Å²) in [7, 11) is 1.87. The van der Waals surface area contributed by atoms with Crippen molar-refractivity contribution in [3.8, 4) is 0 Å². The third-order valence-corrected chi connectivity index (χ3v) is 3.61. The largest absolute Gasteiger partial charge is 0.369 e. The van der Waals surface area contributed by atoms with Gasteiger partial charge in [-0.3, -0.25) is 4.79 Å². The van der Waals surface area contributed by atoms with Crippen LogP contribution in [0.4, 0.5) is 5.69 Å². The molecule has 1 fully saturated rings. The number of amides is 1. The zero-order valence-electron chi connectivity index (χ0n) is 11.7. The number of carbonyl (C=O) groups is 1. The van der Waals surface area contributed by atoms with Crippen molar-refractivity contribution in [2.75, 3.05) is 31.6 Å². The second-order valence-electron chi connectivity index (χ2n) is 5.23.